The van der Waals surface area contributed by atoms with Gasteiger partial charge in [-0.15, -0.1) is 0 Å². The summed E-state index contributed by atoms with van der Waals surface area (Å²) < 4.78 is 0. The van der Waals surface area contributed by atoms with Gasteiger partial charge in [-0.2, -0.15) is 0 Å². The van der Waals surface area contributed by atoms with Crippen molar-refractivity contribution >= 4 is 0 Å². The molecule has 2 N–H and O–H groups in total. The molecule has 1 heterocycles. The van der Waals surface area contributed by atoms with Crippen LogP contribution in [-0.4, -0.2) is 11.5 Å². The number of rotatable bonds is 6. The molecule has 19 heavy (non-hydrogen) atoms. The zero-order chi connectivity index (χ0) is 13.5. The van der Waals surface area contributed by atoms with Crippen LogP contribution in [0.4, 0.5) is 0 Å². The molecule has 1 atom stereocenters. The highest BCUT2D eigenvalue weighted by molar-refractivity contribution is 5.22. The second-order valence-corrected chi connectivity index (χ2v) is 5.08. The molecule has 1 aromatic carbocycles. The molecule has 1 unspecified atom stereocenters. The Bertz CT molecular complexity index is 476. The Morgan fingerprint density at radius 2 is 1.89 bits per heavy atom. The van der Waals surface area contributed by atoms with Gasteiger partial charge in [0.2, 0.25) is 0 Å². The van der Waals surface area contributed by atoms with E-state index in [1.165, 1.54) is 16.7 Å². The van der Waals surface area contributed by atoms with E-state index in [-0.39, 0.29) is 0 Å². The number of aromatic nitrogens is 1. The molecule has 0 saturated heterocycles. The van der Waals surface area contributed by atoms with Crippen molar-refractivity contribution in [1.29, 1.82) is 0 Å². The first-order valence-electron chi connectivity index (χ1n) is 6.95. The number of hydrogen-bond donors (Lipinski definition) is 1. The molecule has 0 aliphatic rings. The van der Waals surface area contributed by atoms with E-state index >= 15 is 0 Å². The van der Waals surface area contributed by atoms with Crippen molar-refractivity contribution in [1.82, 2.24) is 4.98 Å². The van der Waals surface area contributed by atoms with Gasteiger partial charge in [0.25, 0.3) is 0 Å². The minimum absolute atomic E-state index is 0.514. The second kappa shape index (κ2) is 7.05. The van der Waals surface area contributed by atoms with Crippen molar-refractivity contribution in [3.05, 3.63) is 65.5 Å². The fourth-order valence-electron chi connectivity index (χ4n) is 2.39. The topological polar surface area (TPSA) is 38.9 Å². The van der Waals surface area contributed by atoms with E-state index in [4.69, 9.17) is 5.73 Å². The molecule has 2 aromatic rings. The minimum atomic E-state index is 0.514. The smallest absolute Gasteiger partial charge is 0.0302 e. The molecule has 0 amide bonds. The summed E-state index contributed by atoms with van der Waals surface area (Å²) in [7, 11) is 0. The van der Waals surface area contributed by atoms with Crippen molar-refractivity contribution in [2.24, 2.45) is 5.73 Å². The van der Waals surface area contributed by atoms with Crippen LogP contribution in [0.25, 0.3) is 0 Å². The van der Waals surface area contributed by atoms with Gasteiger partial charge in [0, 0.05) is 12.4 Å². The SMILES string of the molecule is Cc1ccc(CCC(CCN)c2cccnc2)cc1. The van der Waals surface area contributed by atoms with Gasteiger partial charge in [-0.3, -0.25) is 4.98 Å². The number of benzene rings is 1. The number of aryl methyl sites for hydroxylation is 2. The van der Waals surface area contributed by atoms with E-state index in [1.54, 1.807) is 0 Å². The molecule has 0 radical (unpaired) electrons. The molecule has 0 aliphatic heterocycles. The summed E-state index contributed by atoms with van der Waals surface area (Å²) in [6.45, 7) is 2.85. The summed E-state index contributed by atoms with van der Waals surface area (Å²) in [5.74, 6) is 0.514. The van der Waals surface area contributed by atoms with Crippen molar-refractivity contribution < 1.29 is 0 Å². The predicted octanol–water partition coefficient (Wildman–Crippen LogP) is 3.46. The molecule has 1 aromatic heterocycles. The van der Waals surface area contributed by atoms with Gasteiger partial charge in [-0.1, -0.05) is 35.9 Å². The van der Waals surface area contributed by atoms with Gasteiger partial charge in [-0.25, -0.2) is 0 Å². The summed E-state index contributed by atoms with van der Waals surface area (Å²) >= 11 is 0. The van der Waals surface area contributed by atoms with Crippen molar-refractivity contribution in [2.45, 2.75) is 32.1 Å². The Labute approximate surface area is 115 Å². The predicted molar refractivity (Wildman–Crippen MR) is 80.1 cm³/mol. The van der Waals surface area contributed by atoms with Gasteiger partial charge in [0.1, 0.15) is 0 Å². The number of nitrogens with zero attached hydrogens (tertiary/aromatic N) is 1. The third-order valence-electron chi connectivity index (χ3n) is 3.57. The highest BCUT2D eigenvalue weighted by atomic mass is 14.6. The maximum absolute atomic E-state index is 5.74. The largest absolute Gasteiger partial charge is 0.330 e. The number of pyridine rings is 1. The third-order valence-corrected chi connectivity index (χ3v) is 3.57. The van der Waals surface area contributed by atoms with Crippen molar-refractivity contribution in [3.8, 4) is 0 Å². The Balaban J connectivity index is 1.99. The van der Waals surface area contributed by atoms with Gasteiger partial charge >= 0.3 is 0 Å². The molecule has 0 saturated carbocycles. The molecule has 2 nitrogen and oxygen atoms in total. The van der Waals surface area contributed by atoms with Gasteiger partial charge in [0.05, 0.1) is 0 Å². The maximum Gasteiger partial charge on any atom is 0.0302 e. The van der Waals surface area contributed by atoms with E-state index in [1.807, 2.05) is 18.5 Å². The highest BCUT2D eigenvalue weighted by Crippen LogP contribution is 2.24. The Morgan fingerprint density at radius 3 is 2.53 bits per heavy atom. The first-order chi connectivity index (χ1) is 9.29. The Morgan fingerprint density at radius 1 is 1.11 bits per heavy atom. The van der Waals surface area contributed by atoms with Crippen LogP contribution in [0.5, 0.6) is 0 Å². The average Bonchev–Trinajstić information content (AvgIpc) is 2.46. The van der Waals surface area contributed by atoms with E-state index in [2.05, 4.69) is 42.2 Å². The first kappa shape index (κ1) is 13.8. The quantitative estimate of drug-likeness (QED) is 0.857. The molecule has 100 valence electrons. The summed E-state index contributed by atoms with van der Waals surface area (Å²) in [6, 6.07) is 13.0. The lowest BCUT2D eigenvalue weighted by molar-refractivity contribution is 0.582. The Kier molecular flexibility index (Phi) is 5.10. The summed E-state index contributed by atoms with van der Waals surface area (Å²) in [5.41, 5.74) is 9.75. The van der Waals surface area contributed by atoms with E-state index in [0.717, 1.165) is 25.8 Å². The number of hydrogen-bond acceptors (Lipinski definition) is 2. The third kappa shape index (κ3) is 4.18. The zero-order valence-corrected chi connectivity index (χ0v) is 11.5. The molecular weight excluding hydrogens is 232 g/mol. The van der Waals surface area contributed by atoms with Crippen LogP contribution in [0.3, 0.4) is 0 Å². The fraction of sp³-hybridized carbons (Fsp3) is 0.353. The van der Waals surface area contributed by atoms with Crippen LogP contribution < -0.4 is 5.73 Å². The van der Waals surface area contributed by atoms with Crippen LogP contribution >= 0.6 is 0 Å². The molecule has 0 aliphatic carbocycles. The van der Waals surface area contributed by atoms with Crippen molar-refractivity contribution in [2.75, 3.05) is 6.54 Å². The van der Waals surface area contributed by atoms with Crippen LogP contribution in [0.2, 0.25) is 0 Å². The fourth-order valence-corrected chi connectivity index (χ4v) is 2.39. The molecule has 0 bridgehead atoms. The maximum atomic E-state index is 5.74. The molecule has 0 fully saturated rings. The summed E-state index contributed by atoms with van der Waals surface area (Å²) in [6.07, 6.45) is 7.04. The first-order valence-corrected chi connectivity index (χ1v) is 6.95. The normalized spacial score (nSPS) is 12.3. The van der Waals surface area contributed by atoms with Gasteiger partial charge < -0.3 is 5.73 Å². The standard InChI is InChI=1S/C17H22N2/c1-14-4-6-15(7-5-14)8-9-16(10-11-18)17-3-2-12-19-13-17/h2-7,12-13,16H,8-11,18H2,1H3. The minimum Gasteiger partial charge on any atom is -0.330 e. The molecule has 2 rings (SSSR count). The highest BCUT2D eigenvalue weighted by Gasteiger charge is 2.10. The monoisotopic (exact) mass is 254 g/mol. The lowest BCUT2D eigenvalue weighted by Gasteiger charge is -2.16. The number of nitrogens with two attached hydrogens (primary N) is 1. The Hall–Kier alpha value is -1.67. The zero-order valence-electron chi connectivity index (χ0n) is 11.5. The molecule has 0 spiro atoms. The average molecular weight is 254 g/mol. The van der Waals surface area contributed by atoms with Crippen LogP contribution in [0.1, 0.15) is 35.4 Å². The van der Waals surface area contributed by atoms with Crippen LogP contribution in [0, 0.1) is 6.92 Å². The summed E-state index contributed by atoms with van der Waals surface area (Å²) in [4.78, 5) is 4.21. The lowest BCUT2D eigenvalue weighted by Crippen LogP contribution is -2.08. The van der Waals surface area contributed by atoms with Crippen molar-refractivity contribution in [3.63, 3.8) is 0 Å². The molecule has 2 heteroatoms. The lowest BCUT2D eigenvalue weighted by atomic mass is 9.90. The summed E-state index contributed by atoms with van der Waals surface area (Å²) in [5, 5.41) is 0. The van der Waals surface area contributed by atoms with E-state index in [9.17, 15) is 0 Å². The van der Waals surface area contributed by atoms with Crippen LogP contribution in [0.15, 0.2) is 48.8 Å². The molecular formula is C17H22N2. The van der Waals surface area contributed by atoms with Gasteiger partial charge in [-0.05, 0) is 55.8 Å². The van der Waals surface area contributed by atoms with E-state index in [0.29, 0.717) is 5.92 Å². The second-order valence-electron chi connectivity index (χ2n) is 5.08. The van der Waals surface area contributed by atoms with Crippen LogP contribution in [-0.2, 0) is 6.42 Å². The van der Waals surface area contributed by atoms with Gasteiger partial charge in [0.15, 0.2) is 0 Å². The van der Waals surface area contributed by atoms with E-state index < -0.39 is 0 Å².